The number of ether oxygens (including phenoxy) is 2. The summed E-state index contributed by atoms with van der Waals surface area (Å²) >= 11 is 0. The van der Waals surface area contributed by atoms with E-state index in [1.54, 1.807) is 12.8 Å². The van der Waals surface area contributed by atoms with E-state index in [1.807, 2.05) is 0 Å². The summed E-state index contributed by atoms with van der Waals surface area (Å²) in [5.74, 6) is 5.84. The van der Waals surface area contributed by atoms with Gasteiger partial charge >= 0.3 is 0 Å². The molecule has 7 saturated carbocycles. The summed E-state index contributed by atoms with van der Waals surface area (Å²) in [5, 5.41) is 0. The van der Waals surface area contributed by atoms with Gasteiger partial charge in [-0.15, -0.1) is 0 Å². The fourth-order valence-corrected chi connectivity index (χ4v) is 12.3. The minimum atomic E-state index is -0.0921. The molecule has 2 heteroatoms. The van der Waals surface area contributed by atoms with Gasteiger partial charge in [-0.2, -0.15) is 0 Å². The zero-order chi connectivity index (χ0) is 14.4. The summed E-state index contributed by atoms with van der Waals surface area (Å²) in [4.78, 5) is 0. The molecule has 10 atom stereocenters. The molecule has 0 amide bonds. The van der Waals surface area contributed by atoms with Crippen molar-refractivity contribution in [3.8, 4) is 0 Å². The highest BCUT2D eigenvalue weighted by Gasteiger charge is 3.10. The van der Waals surface area contributed by atoms with E-state index >= 15 is 0 Å². The second-order valence-electron chi connectivity index (χ2n) is 11.0. The Morgan fingerprint density at radius 1 is 0.609 bits per heavy atom. The topological polar surface area (TPSA) is 18.5 Å². The average Bonchev–Trinajstić information content (AvgIpc) is 3.10. The van der Waals surface area contributed by atoms with Crippen LogP contribution in [0.25, 0.3) is 0 Å². The molecule has 0 N–H and O–H groups in total. The molecular weight excluding hydrogens is 284 g/mol. The minimum absolute atomic E-state index is 0.0921. The Morgan fingerprint density at radius 3 is 2.26 bits per heavy atom. The van der Waals surface area contributed by atoms with E-state index < -0.39 is 0 Å². The maximum atomic E-state index is 7.31. The van der Waals surface area contributed by atoms with Gasteiger partial charge in [0.25, 0.3) is 0 Å². The number of rotatable bonds is 0. The first kappa shape index (κ1) is 11.5. The van der Waals surface area contributed by atoms with Gasteiger partial charge in [-0.3, -0.25) is 0 Å². The molecule has 10 fully saturated rings. The van der Waals surface area contributed by atoms with Crippen LogP contribution >= 0.6 is 0 Å². The number of hydrogen-bond acceptors (Lipinski definition) is 2. The van der Waals surface area contributed by atoms with Crippen LogP contribution in [0.3, 0.4) is 0 Å². The predicted octanol–water partition coefficient (Wildman–Crippen LogP) is 3.74. The zero-order valence-electron chi connectivity index (χ0n) is 13.9. The van der Waals surface area contributed by atoms with Crippen LogP contribution < -0.4 is 0 Å². The molecule has 122 valence electrons. The summed E-state index contributed by atoms with van der Waals surface area (Å²) in [6.07, 6.45) is 13.1. The summed E-state index contributed by atoms with van der Waals surface area (Å²) in [6, 6.07) is 0. The van der Waals surface area contributed by atoms with E-state index in [-0.39, 0.29) is 5.79 Å². The Labute approximate surface area is 137 Å². The molecule has 3 saturated heterocycles. The first-order valence-electron chi connectivity index (χ1n) is 10.7. The summed E-state index contributed by atoms with van der Waals surface area (Å²) in [5.41, 5.74) is 2.16. The molecule has 7 aliphatic carbocycles. The molecule has 0 radical (unpaired) electrons. The molecule has 5 spiro atoms. The van der Waals surface area contributed by atoms with Gasteiger partial charge in [-0.05, 0) is 67.6 Å². The van der Waals surface area contributed by atoms with E-state index in [4.69, 9.17) is 9.47 Å². The van der Waals surface area contributed by atoms with Crippen LogP contribution in [0.15, 0.2) is 0 Å². The van der Waals surface area contributed by atoms with Crippen molar-refractivity contribution in [3.05, 3.63) is 0 Å². The van der Waals surface area contributed by atoms with Gasteiger partial charge in [-0.25, -0.2) is 0 Å². The van der Waals surface area contributed by atoms with Crippen LogP contribution in [0.1, 0.15) is 57.8 Å². The molecule has 4 bridgehead atoms. The maximum Gasteiger partial charge on any atom is 0.179 e. The van der Waals surface area contributed by atoms with Gasteiger partial charge in [0.2, 0.25) is 0 Å². The van der Waals surface area contributed by atoms with Crippen LogP contribution in [0.5, 0.6) is 0 Å². The van der Waals surface area contributed by atoms with E-state index in [1.165, 1.54) is 44.9 Å². The molecule has 3 heterocycles. The van der Waals surface area contributed by atoms with Crippen LogP contribution in [0, 0.1) is 51.8 Å². The SMILES string of the molecule is C1CC[C@@]23C4C5C6C7C(C4[C@@]24CCCC[C@]74O[C@]63OC1)C51CC1. The van der Waals surface area contributed by atoms with Crippen molar-refractivity contribution in [2.75, 3.05) is 6.61 Å². The van der Waals surface area contributed by atoms with Crippen molar-refractivity contribution in [3.63, 3.8) is 0 Å². The normalized spacial score (nSPS) is 78.3. The lowest BCUT2D eigenvalue weighted by atomic mass is 9.33. The largest absolute Gasteiger partial charge is 0.349 e. The predicted molar refractivity (Wildman–Crippen MR) is 82.3 cm³/mol. The highest BCUT2D eigenvalue weighted by Crippen LogP contribution is 3.08. The average molecular weight is 310 g/mol. The van der Waals surface area contributed by atoms with Crippen LogP contribution in [0.2, 0.25) is 0 Å². The van der Waals surface area contributed by atoms with E-state index in [0.29, 0.717) is 16.4 Å². The summed E-state index contributed by atoms with van der Waals surface area (Å²) in [7, 11) is 0. The lowest BCUT2D eigenvalue weighted by molar-refractivity contribution is -0.286. The van der Waals surface area contributed by atoms with Gasteiger partial charge in [0, 0.05) is 22.7 Å². The summed E-state index contributed by atoms with van der Waals surface area (Å²) < 4.78 is 14.2. The van der Waals surface area contributed by atoms with Crippen molar-refractivity contribution < 1.29 is 9.47 Å². The third-order valence-corrected chi connectivity index (χ3v) is 11.7. The first-order valence-corrected chi connectivity index (χ1v) is 10.7. The lowest BCUT2D eigenvalue weighted by Gasteiger charge is -2.68. The van der Waals surface area contributed by atoms with Crippen LogP contribution in [-0.2, 0) is 9.47 Å². The summed E-state index contributed by atoms with van der Waals surface area (Å²) in [6.45, 7) is 0.985. The third kappa shape index (κ3) is 0.636. The Balaban J connectivity index is 1.46. The molecule has 0 aromatic rings. The minimum Gasteiger partial charge on any atom is -0.349 e. The van der Waals surface area contributed by atoms with Crippen LogP contribution in [-0.4, -0.2) is 18.0 Å². The first-order chi connectivity index (χ1) is 11.3. The van der Waals surface area contributed by atoms with E-state index in [9.17, 15) is 0 Å². The highest BCUT2D eigenvalue weighted by atomic mass is 16.7. The highest BCUT2D eigenvalue weighted by molar-refractivity contribution is 5.54. The molecule has 6 unspecified atom stereocenters. The zero-order valence-corrected chi connectivity index (χ0v) is 13.9. The van der Waals surface area contributed by atoms with E-state index in [0.717, 1.165) is 47.5 Å². The molecule has 0 aromatic heterocycles. The van der Waals surface area contributed by atoms with Crippen molar-refractivity contribution >= 4 is 0 Å². The second kappa shape index (κ2) is 2.67. The second-order valence-corrected chi connectivity index (χ2v) is 11.0. The van der Waals surface area contributed by atoms with Gasteiger partial charge in [0.15, 0.2) is 5.79 Å². The van der Waals surface area contributed by atoms with Crippen molar-refractivity contribution in [2.45, 2.75) is 69.2 Å². The lowest BCUT2D eigenvalue weighted by Crippen LogP contribution is -2.70. The van der Waals surface area contributed by atoms with Gasteiger partial charge in [-0.1, -0.05) is 19.3 Å². The van der Waals surface area contributed by atoms with Crippen molar-refractivity contribution in [2.24, 2.45) is 51.8 Å². The van der Waals surface area contributed by atoms with Crippen molar-refractivity contribution in [1.29, 1.82) is 0 Å². The standard InChI is InChI=1S/C21H26O2/c1-2-7-20-15-11-13-14-12(17(11)8-9-17)16(15)21(23-20)19(14,18(13,20)5-1)6-3-4-10-22-21/h11-16H,1-10H2/t11?,12?,13?,14?,15?,16?,18-,19+,20-,21+/m0/s1. The molecule has 2 nitrogen and oxygen atoms in total. The molecular formula is C21H26O2. The Kier molecular flexibility index (Phi) is 1.34. The van der Waals surface area contributed by atoms with Gasteiger partial charge in [0.1, 0.15) is 0 Å². The van der Waals surface area contributed by atoms with Crippen LogP contribution in [0.4, 0.5) is 0 Å². The smallest absolute Gasteiger partial charge is 0.179 e. The quantitative estimate of drug-likeness (QED) is 0.678. The van der Waals surface area contributed by atoms with Crippen molar-refractivity contribution in [1.82, 2.24) is 0 Å². The molecule has 3 aliphatic heterocycles. The van der Waals surface area contributed by atoms with Gasteiger partial charge in [0.05, 0.1) is 12.2 Å². The Hall–Kier alpha value is -0.0800. The Morgan fingerprint density at radius 2 is 1.35 bits per heavy atom. The molecule has 0 aromatic carbocycles. The molecule has 10 aliphatic rings. The Bertz CT molecular complexity index is 713. The third-order valence-electron chi connectivity index (χ3n) is 11.7. The number of hydrogen-bond donors (Lipinski definition) is 0. The fourth-order valence-electron chi connectivity index (χ4n) is 12.3. The maximum absolute atomic E-state index is 7.31. The monoisotopic (exact) mass is 310 g/mol. The van der Waals surface area contributed by atoms with E-state index in [2.05, 4.69) is 0 Å². The van der Waals surface area contributed by atoms with Gasteiger partial charge < -0.3 is 9.47 Å². The fraction of sp³-hybridized carbons (Fsp3) is 1.00. The molecule has 10 rings (SSSR count). The molecule has 23 heavy (non-hydrogen) atoms.